The molecule has 0 aromatic carbocycles. The van der Waals surface area contributed by atoms with Crippen molar-refractivity contribution in [3.8, 4) is 0 Å². The average molecular weight is 251 g/mol. The van der Waals surface area contributed by atoms with Gasteiger partial charge in [-0.25, -0.2) is 0 Å². The van der Waals surface area contributed by atoms with Crippen LogP contribution in [0.3, 0.4) is 0 Å². The van der Waals surface area contributed by atoms with Crippen molar-refractivity contribution in [2.45, 2.75) is 0 Å². The first-order valence-corrected chi connectivity index (χ1v) is 10.4. The molecular weight excluding hydrogens is 236 g/mol. The van der Waals surface area contributed by atoms with Crippen molar-refractivity contribution in [1.82, 2.24) is 17.7 Å². The van der Waals surface area contributed by atoms with Crippen LogP contribution in [0, 0.1) is 0 Å². The van der Waals surface area contributed by atoms with Gasteiger partial charge in [0.15, 0.2) is 0 Å². The molecule has 3 aliphatic heterocycles. The number of nitrogens with one attached hydrogen (secondary N) is 3. The van der Waals surface area contributed by atoms with Gasteiger partial charge in [0.2, 0.25) is 0 Å². The molecule has 4 nitrogen and oxygen atoms in total. The fourth-order valence-corrected chi connectivity index (χ4v) is 6.81. The van der Waals surface area contributed by atoms with Crippen LogP contribution in [0.5, 0.6) is 0 Å². The third-order valence-corrected chi connectivity index (χ3v) is 9.11. The Kier molecular flexibility index (Phi) is 2.94. The molecule has 3 heterocycles. The second-order valence-electron chi connectivity index (χ2n) is 3.28. The topological polar surface area (TPSA) is 39.3 Å². The van der Waals surface area contributed by atoms with Crippen molar-refractivity contribution in [1.29, 1.82) is 0 Å². The molecule has 0 saturated carbocycles. The Morgan fingerprint density at radius 3 is 1.75 bits per heavy atom. The molecule has 0 aromatic rings. The van der Waals surface area contributed by atoms with E-state index in [1.807, 2.05) is 0 Å². The summed E-state index contributed by atoms with van der Waals surface area (Å²) in [6.45, 7) is 6.48. The Morgan fingerprint density at radius 1 is 0.917 bits per heavy atom. The molecule has 0 unspecified atom stereocenters. The second-order valence-corrected chi connectivity index (χ2v) is 11.2. The molecule has 0 aliphatic carbocycles. The molecule has 0 radical (unpaired) electrons. The van der Waals surface area contributed by atoms with Crippen molar-refractivity contribution >= 4 is 23.0 Å². The Hall–Kier alpha value is 0.673. The van der Waals surface area contributed by atoms with Crippen LogP contribution in [-0.4, -0.2) is 57.2 Å². The van der Waals surface area contributed by atoms with Crippen molar-refractivity contribution < 1.29 is 0 Å². The van der Waals surface area contributed by atoms with E-state index in [4.69, 9.17) is 10.0 Å². The zero-order valence-electron chi connectivity index (χ0n) is 7.07. The molecule has 3 rings (SSSR count). The molecule has 3 fully saturated rings. The van der Waals surface area contributed by atoms with Gasteiger partial charge in [0.1, 0.15) is 0 Å². The van der Waals surface area contributed by atoms with Crippen LogP contribution in [0.15, 0.2) is 0 Å². The number of rotatable bonds is 0. The van der Waals surface area contributed by atoms with Crippen molar-refractivity contribution in [2.24, 2.45) is 0 Å². The van der Waals surface area contributed by atoms with Gasteiger partial charge in [0.05, 0.1) is 0 Å². The minimum absolute atomic E-state index is 1.02. The molecule has 0 atom stereocenters. The zero-order chi connectivity index (χ0) is 8.44. The van der Waals surface area contributed by atoms with Crippen LogP contribution >= 0.6 is 10.0 Å². The molecule has 0 amide bonds. The van der Waals surface area contributed by atoms with Crippen molar-refractivity contribution in [2.75, 3.05) is 39.3 Å². The fourth-order valence-electron chi connectivity index (χ4n) is 1.68. The Morgan fingerprint density at radius 2 is 1.33 bits per heavy atom. The standard InChI is InChI=1S/C6H15ClGeN4/c7-8-9-1-4-12(5-2-10-8)6-3-11-8/h9-11H,1-6H2. The first-order valence-electron chi connectivity index (χ1n) is 4.45. The van der Waals surface area contributed by atoms with Crippen LogP contribution in [0.2, 0.25) is 0 Å². The summed E-state index contributed by atoms with van der Waals surface area (Å²) in [5.74, 6) is 0. The summed E-state index contributed by atoms with van der Waals surface area (Å²) >= 11 is -2.48. The van der Waals surface area contributed by atoms with E-state index in [-0.39, 0.29) is 0 Å². The zero-order valence-corrected chi connectivity index (χ0v) is 9.92. The Labute approximate surface area is 80.2 Å². The van der Waals surface area contributed by atoms with Gasteiger partial charge in [-0.2, -0.15) is 0 Å². The molecule has 3 aliphatic rings. The number of nitrogens with zero attached hydrogens (tertiary/aromatic N) is 1. The Bertz CT molecular complexity index is 141. The molecule has 2 bridgehead atoms. The number of hydrogen-bond acceptors (Lipinski definition) is 4. The number of hydrogen-bond donors (Lipinski definition) is 3. The van der Waals surface area contributed by atoms with Crippen molar-refractivity contribution in [3.05, 3.63) is 0 Å². The summed E-state index contributed by atoms with van der Waals surface area (Å²) in [4.78, 5) is 2.45. The SMILES string of the molecule is [Cl][Ge]12[NH]CCN(CC[NH]1)CC[NH]2. The maximum absolute atomic E-state index is 6.41. The normalized spacial score (nSPS) is 43.2. The van der Waals surface area contributed by atoms with Crippen LogP contribution in [-0.2, 0) is 0 Å². The van der Waals surface area contributed by atoms with E-state index in [1.165, 1.54) is 0 Å². The van der Waals surface area contributed by atoms with Gasteiger partial charge in [-0.05, 0) is 0 Å². The summed E-state index contributed by atoms with van der Waals surface area (Å²) in [6, 6.07) is 0. The summed E-state index contributed by atoms with van der Waals surface area (Å²) in [7, 11) is 6.41. The first-order chi connectivity index (χ1) is 5.79. The van der Waals surface area contributed by atoms with Gasteiger partial charge in [-0.1, -0.05) is 0 Å². The van der Waals surface area contributed by atoms with Gasteiger partial charge in [0.25, 0.3) is 0 Å². The molecule has 3 saturated heterocycles. The monoisotopic (exact) mass is 252 g/mol. The first kappa shape index (κ1) is 9.24. The molecule has 0 aromatic heterocycles. The van der Waals surface area contributed by atoms with Crippen LogP contribution in [0.1, 0.15) is 0 Å². The molecule has 70 valence electrons. The van der Waals surface area contributed by atoms with E-state index in [2.05, 4.69) is 17.7 Å². The van der Waals surface area contributed by atoms with E-state index in [0.29, 0.717) is 0 Å². The van der Waals surface area contributed by atoms with Crippen LogP contribution in [0.4, 0.5) is 0 Å². The maximum atomic E-state index is 6.41. The molecule has 12 heavy (non-hydrogen) atoms. The fraction of sp³-hybridized carbons (Fsp3) is 1.00. The van der Waals surface area contributed by atoms with E-state index in [0.717, 1.165) is 39.3 Å². The third-order valence-electron chi connectivity index (χ3n) is 2.39. The third kappa shape index (κ3) is 2.13. The van der Waals surface area contributed by atoms with Crippen LogP contribution in [0.25, 0.3) is 0 Å². The molecular formula is C6H15ClGeN4. The Balaban J connectivity index is 2.06. The van der Waals surface area contributed by atoms with Gasteiger partial charge in [-0.15, -0.1) is 0 Å². The molecule has 0 spiro atoms. The van der Waals surface area contributed by atoms with Gasteiger partial charge in [-0.3, -0.25) is 0 Å². The van der Waals surface area contributed by atoms with Gasteiger partial charge in [0, 0.05) is 0 Å². The average Bonchev–Trinajstić information content (AvgIpc) is 1.93. The quantitative estimate of drug-likeness (QED) is 0.471. The van der Waals surface area contributed by atoms with E-state index >= 15 is 0 Å². The summed E-state index contributed by atoms with van der Waals surface area (Å²) in [5.41, 5.74) is 0. The minimum atomic E-state index is -2.48. The summed E-state index contributed by atoms with van der Waals surface area (Å²) in [5, 5.41) is 0. The predicted molar refractivity (Wildman–Crippen MR) is 52.1 cm³/mol. The summed E-state index contributed by atoms with van der Waals surface area (Å²) < 4.78 is 10.3. The molecule has 3 N–H and O–H groups in total. The predicted octanol–water partition coefficient (Wildman–Crippen LogP) is -1.24. The second kappa shape index (κ2) is 3.81. The summed E-state index contributed by atoms with van der Waals surface area (Å²) in [6.07, 6.45) is 0. The van der Waals surface area contributed by atoms with Gasteiger partial charge < -0.3 is 0 Å². The van der Waals surface area contributed by atoms with Crippen molar-refractivity contribution in [3.63, 3.8) is 0 Å². The number of halogens is 1. The number of fused-ring (bicyclic) bond motifs is 6. The van der Waals surface area contributed by atoms with Crippen LogP contribution < -0.4 is 12.8 Å². The van der Waals surface area contributed by atoms with E-state index in [1.54, 1.807) is 0 Å². The van der Waals surface area contributed by atoms with Gasteiger partial charge >= 0.3 is 80.0 Å². The van der Waals surface area contributed by atoms with E-state index in [9.17, 15) is 0 Å². The van der Waals surface area contributed by atoms with E-state index < -0.39 is 13.0 Å². The molecule has 6 heteroatoms.